The lowest BCUT2D eigenvalue weighted by atomic mass is 9.88. The molecule has 0 atom stereocenters. The van der Waals surface area contributed by atoms with Crippen LogP contribution in [0.1, 0.15) is 138 Å². The van der Waals surface area contributed by atoms with E-state index in [9.17, 15) is 19.2 Å². The lowest BCUT2D eigenvalue weighted by molar-refractivity contribution is -0.138. The summed E-state index contributed by atoms with van der Waals surface area (Å²) < 4.78 is 0. The van der Waals surface area contributed by atoms with Crippen LogP contribution in [0.2, 0.25) is 0 Å². The molecule has 15 nitrogen and oxygen atoms in total. The van der Waals surface area contributed by atoms with Gasteiger partial charge in [0.25, 0.3) is 0 Å². The van der Waals surface area contributed by atoms with Gasteiger partial charge in [-0.2, -0.15) is 0 Å². The second-order valence-electron chi connectivity index (χ2n) is 13.0. The summed E-state index contributed by atoms with van der Waals surface area (Å²) in [6.07, 6.45) is 12.9. The number of aliphatic carboxylic acids is 2. The Morgan fingerprint density at radius 1 is 0.462 bits per heavy atom. The van der Waals surface area contributed by atoms with Crippen molar-refractivity contribution in [1.29, 1.82) is 0 Å². The Hall–Kier alpha value is -3.18. The highest BCUT2D eigenvalue weighted by atomic mass is 16.4. The number of carboxylic acids is 4. The van der Waals surface area contributed by atoms with Crippen molar-refractivity contribution in [3.63, 3.8) is 0 Å². The zero-order valence-electron chi connectivity index (χ0n) is 31.4. The maximum Gasteiger partial charge on any atom is 0.335 e. The fourth-order valence-corrected chi connectivity index (χ4v) is 3.48. The lowest BCUT2D eigenvalue weighted by Gasteiger charge is -2.24. The van der Waals surface area contributed by atoms with Gasteiger partial charge in [-0.05, 0) is 56.4 Å². The average molecular weight is 753 g/mol. The third-order valence-corrected chi connectivity index (χ3v) is 7.59. The first-order valence-corrected chi connectivity index (χ1v) is 17.8. The van der Waals surface area contributed by atoms with Crippen molar-refractivity contribution >= 4 is 23.9 Å². The first-order chi connectivity index (χ1) is 24.5. The van der Waals surface area contributed by atoms with Gasteiger partial charge < -0.3 is 56.2 Å². The standard InChI is InChI=1S/C12H22O4.C8H6O4.C6H14O3.C6H14O2.C5H12O2/c13-11(14)9-7-5-3-1-2-4-6-8-10-12(15)16;9-7(10)5-1-2-6(4-3-5)8(11)12;1-2-6(3-7,4-8)5-9;7-5-3-1-2-4-6-8;1-5(2,3-6)4-7/h1-10H2,(H,13,14)(H,15,16);1-4H,(H,9,10)(H,11,12);7-9H,2-5H2,1H3;7-8H,1-6H2;6-7H,3-4H2,1-2H3. The number of hydrogen-bond donors (Lipinski definition) is 11. The molecule has 0 saturated carbocycles. The summed E-state index contributed by atoms with van der Waals surface area (Å²) in [5.41, 5.74) is -0.806. The summed E-state index contributed by atoms with van der Waals surface area (Å²) >= 11 is 0. The first-order valence-electron chi connectivity index (χ1n) is 17.8. The molecule has 0 amide bonds. The van der Waals surface area contributed by atoms with E-state index in [-0.39, 0.29) is 75.6 Å². The van der Waals surface area contributed by atoms with E-state index < -0.39 is 29.3 Å². The van der Waals surface area contributed by atoms with E-state index in [0.717, 1.165) is 77.0 Å². The van der Waals surface area contributed by atoms with E-state index in [4.69, 9.17) is 56.2 Å². The molecule has 0 unspecified atom stereocenters. The van der Waals surface area contributed by atoms with E-state index in [1.54, 1.807) is 13.8 Å². The molecule has 0 aromatic heterocycles. The number of unbranched alkanes of at least 4 members (excludes halogenated alkanes) is 10. The van der Waals surface area contributed by atoms with Crippen LogP contribution >= 0.6 is 0 Å². The number of rotatable bonds is 24. The van der Waals surface area contributed by atoms with Crippen molar-refractivity contribution in [2.75, 3.05) is 46.2 Å². The van der Waals surface area contributed by atoms with E-state index in [1.165, 1.54) is 24.3 Å². The molecule has 0 fully saturated rings. The zero-order valence-corrected chi connectivity index (χ0v) is 31.4. The van der Waals surface area contributed by atoms with Crippen molar-refractivity contribution in [2.45, 2.75) is 117 Å². The maximum atomic E-state index is 10.3. The van der Waals surface area contributed by atoms with Gasteiger partial charge in [0.05, 0.1) is 44.2 Å². The Morgan fingerprint density at radius 2 is 0.731 bits per heavy atom. The minimum atomic E-state index is -1.06. The second kappa shape index (κ2) is 37.6. The summed E-state index contributed by atoms with van der Waals surface area (Å²) in [6.45, 7) is 5.61. The SMILES string of the molecule is CC(C)(CO)CO.CCC(CO)(CO)CO.O=C(O)CCCCCCCCCCC(=O)O.O=C(O)c1ccc(C(=O)O)cc1.OCCCCCCO. The van der Waals surface area contributed by atoms with Gasteiger partial charge >= 0.3 is 23.9 Å². The molecular formula is C37H68O15. The largest absolute Gasteiger partial charge is 0.481 e. The van der Waals surface area contributed by atoms with Crippen molar-refractivity contribution < 1.29 is 75.3 Å². The molecule has 306 valence electrons. The summed E-state index contributed by atoms with van der Waals surface area (Å²) in [5.74, 6) is -3.55. The summed E-state index contributed by atoms with van der Waals surface area (Å²) in [4.78, 5) is 41.1. The molecule has 1 rings (SSSR count). The van der Waals surface area contributed by atoms with Gasteiger partial charge in [0, 0.05) is 36.9 Å². The summed E-state index contributed by atoms with van der Waals surface area (Å²) in [5, 5.41) is 93.2. The fraction of sp³-hybridized carbons (Fsp3) is 0.730. The zero-order chi connectivity index (χ0) is 40.8. The molecular weight excluding hydrogens is 684 g/mol. The van der Waals surface area contributed by atoms with Gasteiger partial charge in [0.2, 0.25) is 0 Å². The highest BCUT2D eigenvalue weighted by molar-refractivity contribution is 5.91. The van der Waals surface area contributed by atoms with Gasteiger partial charge in [-0.15, -0.1) is 0 Å². The third kappa shape index (κ3) is 38.1. The highest BCUT2D eigenvalue weighted by Crippen LogP contribution is 2.18. The van der Waals surface area contributed by atoms with Gasteiger partial charge in [-0.3, -0.25) is 9.59 Å². The number of benzene rings is 1. The minimum Gasteiger partial charge on any atom is -0.481 e. The van der Waals surface area contributed by atoms with Gasteiger partial charge in [-0.25, -0.2) is 9.59 Å². The normalized spacial score (nSPS) is 10.5. The fourth-order valence-electron chi connectivity index (χ4n) is 3.48. The topological polar surface area (TPSA) is 291 Å². The molecule has 0 radical (unpaired) electrons. The second-order valence-corrected chi connectivity index (χ2v) is 13.0. The molecule has 0 aliphatic rings. The Bertz CT molecular complexity index is 909. The predicted molar refractivity (Wildman–Crippen MR) is 196 cm³/mol. The van der Waals surface area contributed by atoms with E-state index in [1.807, 2.05) is 6.92 Å². The van der Waals surface area contributed by atoms with Crippen LogP contribution in [0.25, 0.3) is 0 Å². The Morgan fingerprint density at radius 3 is 0.885 bits per heavy atom. The third-order valence-electron chi connectivity index (χ3n) is 7.59. The summed E-state index contributed by atoms with van der Waals surface area (Å²) in [7, 11) is 0. The molecule has 0 heterocycles. The monoisotopic (exact) mass is 752 g/mol. The minimum absolute atomic E-state index is 0.0451. The van der Waals surface area contributed by atoms with Crippen LogP contribution in [0.5, 0.6) is 0 Å². The number of hydrogen-bond acceptors (Lipinski definition) is 11. The van der Waals surface area contributed by atoms with Crippen molar-refractivity contribution in [2.24, 2.45) is 10.8 Å². The van der Waals surface area contributed by atoms with Crippen LogP contribution in [0.15, 0.2) is 24.3 Å². The number of aliphatic hydroxyl groups excluding tert-OH is 7. The van der Waals surface area contributed by atoms with Crippen LogP contribution in [-0.4, -0.2) is 126 Å². The smallest absolute Gasteiger partial charge is 0.335 e. The molecule has 15 heteroatoms. The molecule has 0 aliphatic heterocycles. The number of aliphatic hydroxyl groups is 7. The number of carbonyl (C=O) groups is 4. The van der Waals surface area contributed by atoms with Crippen LogP contribution in [0.3, 0.4) is 0 Å². The van der Waals surface area contributed by atoms with Crippen LogP contribution in [0, 0.1) is 10.8 Å². The van der Waals surface area contributed by atoms with E-state index in [0.29, 0.717) is 6.42 Å². The molecule has 1 aromatic rings. The lowest BCUT2D eigenvalue weighted by Crippen LogP contribution is -2.32. The summed E-state index contributed by atoms with van der Waals surface area (Å²) in [6, 6.07) is 5.02. The Kier molecular flexibility index (Phi) is 40.2. The van der Waals surface area contributed by atoms with E-state index in [2.05, 4.69) is 0 Å². The maximum absolute atomic E-state index is 10.3. The number of aromatic carboxylic acids is 2. The van der Waals surface area contributed by atoms with Crippen molar-refractivity contribution in [3.8, 4) is 0 Å². The molecule has 0 saturated heterocycles. The molecule has 11 N–H and O–H groups in total. The van der Waals surface area contributed by atoms with Crippen molar-refractivity contribution in [3.05, 3.63) is 35.4 Å². The van der Waals surface area contributed by atoms with Gasteiger partial charge in [0.15, 0.2) is 0 Å². The van der Waals surface area contributed by atoms with E-state index >= 15 is 0 Å². The Labute approximate surface area is 308 Å². The first kappa shape index (κ1) is 55.6. The van der Waals surface area contributed by atoms with Crippen LogP contribution in [-0.2, 0) is 9.59 Å². The van der Waals surface area contributed by atoms with Gasteiger partial charge in [0.1, 0.15) is 0 Å². The van der Waals surface area contributed by atoms with Crippen LogP contribution < -0.4 is 0 Å². The van der Waals surface area contributed by atoms with Crippen molar-refractivity contribution in [1.82, 2.24) is 0 Å². The van der Waals surface area contributed by atoms with Crippen LogP contribution in [0.4, 0.5) is 0 Å². The molecule has 0 spiro atoms. The quantitative estimate of drug-likeness (QED) is 0.0665. The molecule has 0 bridgehead atoms. The average Bonchev–Trinajstić information content (AvgIpc) is 3.13. The molecule has 0 aliphatic carbocycles. The number of carboxylic acid groups (broad SMARTS) is 4. The van der Waals surface area contributed by atoms with Gasteiger partial charge in [-0.1, -0.05) is 72.1 Å². The molecule has 52 heavy (non-hydrogen) atoms. The highest BCUT2D eigenvalue weighted by Gasteiger charge is 2.24. The molecule has 1 aromatic carbocycles. The Balaban J connectivity index is -0.000000287. The predicted octanol–water partition coefficient (Wildman–Crippen LogP) is 4.03.